The van der Waals surface area contributed by atoms with Gasteiger partial charge in [0.15, 0.2) is 0 Å². The molecule has 0 aromatic carbocycles. The van der Waals surface area contributed by atoms with Crippen LogP contribution in [0.1, 0.15) is 0 Å². The molecule has 0 bridgehead atoms. The summed E-state index contributed by atoms with van der Waals surface area (Å²) in [5.41, 5.74) is 5.01. The Hall–Kier alpha value is -0.620. The molecule has 0 radical (unpaired) electrons. The molecule has 5 N–H and O–H groups in total. The normalized spacial score (nSPS) is 10.5. The Morgan fingerprint density at radius 1 is 1.47 bits per heavy atom. The number of hydrogen-bond acceptors (Lipinski definition) is 7. The Kier molecular flexibility index (Phi) is 5.23. The lowest BCUT2D eigenvalue weighted by Gasteiger charge is -1.94. The smallest absolute Gasteiger partial charge is 0.267 e. The number of sulfonamides is 1. The molecule has 0 fully saturated rings. The van der Waals surface area contributed by atoms with Crippen molar-refractivity contribution in [3.05, 3.63) is 0 Å². The number of nitrogens with zero attached hydrogens (tertiary/aromatic N) is 2. The monoisotopic (exact) mass is 317 g/mol. The molecule has 1 aromatic heterocycles. The summed E-state index contributed by atoms with van der Waals surface area (Å²) in [6.45, 7) is -0.218. The van der Waals surface area contributed by atoms with Crippen molar-refractivity contribution < 1.29 is 13.2 Å². The van der Waals surface area contributed by atoms with Gasteiger partial charge in [-0.05, 0) is 0 Å². The molecular formula is C4H8BrN5O3S2. The number of carbonyl (C=O) groups excluding carboxylic acids is 1. The van der Waals surface area contributed by atoms with Gasteiger partial charge in [0.25, 0.3) is 10.0 Å². The number of nitrogens with one attached hydrogen (secondary N) is 1. The number of halogens is 1. The van der Waals surface area contributed by atoms with Gasteiger partial charge in [-0.3, -0.25) is 10.1 Å². The molecule has 15 heavy (non-hydrogen) atoms. The number of nitrogens with two attached hydrogens (primary N) is 2. The van der Waals surface area contributed by atoms with Crippen LogP contribution in [0.25, 0.3) is 0 Å². The molecule has 8 nitrogen and oxygen atoms in total. The van der Waals surface area contributed by atoms with Crippen molar-refractivity contribution in [1.82, 2.24) is 10.2 Å². The van der Waals surface area contributed by atoms with Crippen LogP contribution >= 0.6 is 28.3 Å². The molecule has 0 saturated heterocycles. The summed E-state index contributed by atoms with van der Waals surface area (Å²) in [4.78, 5) is 10.8. The Morgan fingerprint density at radius 3 is 2.47 bits per heavy atom. The van der Waals surface area contributed by atoms with Gasteiger partial charge in [0, 0.05) is 0 Å². The molecule has 1 amide bonds. The predicted octanol–water partition coefficient (Wildman–Crippen LogP) is -1.34. The zero-order valence-electron chi connectivity index (χ0n) is 7.21. The molecule has 86 valence electrons. The van der Waals surface area contributed by atoms with Gasteiger partial charge in [0.05, 0.1) is 6.54 Å². The van der Waals surface area contributed by atoms with E-state index in [0.29, 0.717) is 11.3 Å². The van der Waals surface area contributed by atoms with Gasteiger partial charge >= 0.3 is 0 Å². The zero-order chi connectivity index (χ0) is 10.8. The molecule has 0 aliphatic heterocycles. The highest BCUT2D eigenvalue weighted by atomic mass is 79.9. The summed E-state index contributed by atoms with van der Waals surface area (Å²) in [5, 5.41) is 13.7. The van der Waals surface area contributed by atoms with E-state index < -0.39 is 15.9 Å². The highest BCUT2D eigenvalue weighted by Gasteiger charge is 2.15. The predicted molar refractivity (Wildman–Crippen MR) is 59.3 cm³/mol. The average Bonchev–Trinajstić information content (AvgIpc) is 2.51. The fraction of sp³-hybridized carbons (Fsp3) is 0.250. The van der Waals surface area contributed by atoms with Crippen LogP contribution in [-0.4, -0.2) is 31.1 Å². The number of aromatic nitrogens is 2. The van der Waals surface area contributed by atoms with Gasteiger partial charge in [-0.25, -0.2) is 13.6 Å². The van der Waals surface area contributed by atoms with Gasteiger partial charge in [-0.1, -0.05) is 11.3 Å². The van der Waals surface area contributed by atoms with E-state index in [2.05, 4.69) is 15.5 Å². The number of amides is 1. The second-order valence-corrected chi connectivity index (χ2v) is 4.88. The summed E-state index contributed by atoms with van der Waals surface area (Å²) < 4.78 is 21.1. The van der Waals surface area contributed by atoms with Gasteiger partial charge < -0.3 is 5.73 Å². The van der Waals surface area contributed by atoms with Gasteiger partial charge in [-0.2, -0.15) is 0 Å². The lowest BCUT2D eigenvalue weighted by atomic mass is 10.6. The number of primary sulfonamides is 1. The summed E-state index contributed by atoms with van der Waals surface area (Å²) in [5.74, 6) is -0.484. The maximum atomic E-state index is 10.8. The fourth-order valence-corrected chi connectivity index (χ4v) is 1.90. The Morgan fingerprint density at radius 2 is 2.07 bits per heavy atom. The molecule has 0 saturated carbocycles. The quantitative estimate of drug-likeness (QED) is 0.589. The lowest BCUT2D eigenvalue weighted by Crippen LogP contribution is -2.21. The molecule has 0 aliphatic carbocycles. The summed E-state index contributed by atoms with van der Waals surface area (Å²) in [6.07, 6.45) is 0. The third-order valence-corrected chi connectivity index (χ3v) is 3.23. The Bertz CT molecular complexity index is 443. The van der Waals surface area contributed by atoms with Crippen molar-refractivity contribution in [3.63, 3.8) is 0 Å². The highest BCUT2D eigenvalue weighted by molar-refractivity contribution is 8.93. The van der Waals surface area contributed by atoms with Crippen LogP contribution in [0, 0.1) is 0 Å². The first-order valence-electron chi connectivity index (χ1n) is 3.29. The molecule has 0 unspecified atom stereocenters. The first-order chi connectivity index (χ1) is 6.43. The molecule has 1 heterocycles. The maximum Gasteiger partial charge on any atom is 0.267 e. The Labute approximate surface area is 99.9 Å². The van der Waals surface area contributed by atoms with Crippen LogP contribution in [0.3, 0.4) is 0 Å². The molecule has 0 atom stereocenters. The lowest BCUT2D eigenvalue weighted by molar-refractivity contribution is -0.114. The fourth-order valence-electron chi connectivity index (χ4n) is 0.546. The van der Waals surface area contributed by atoms with Crippen molar-refractivity contribution >= 4 is 49.4 Å². The van der Waals surface area contributed by atoms with E-state index in [4.69, 9.17) is 10.9 Å². The number of hydrogen-bond donors (Lipinski definition) is 3. The van der Waals surface area contributed by atoms with Crippen molar-refractivity contribution in [1.29, 1.82) is 0 Å². The van der Waals surface area contributed by atoms with E-state index in [-0.39, 0.29) is 33.0 Å². The van der Waals surface area contributed by atoms with E-state index in [1.807, 2.05) is 0 Å². The standard InChI is InChI=1S/C4H7N5O3S2.BrH/c5-1-2(10)7-3-8-9-4(13-3)14(6,11)12;/h1,5H2,(H2,6,11,12)(H,7,8,10);1H. The van der Waals surface area contributed by atoms with Crippen LogP contribution in [0.2, 0.25) is 0 Å². The summed E-state index contributed by atoms with van der Waals surface area (Å²) >= 11 is 0.661. The van der Waals surface area contributed by atoms with Gasteiger partial charge in [-0.15, -0.1) is 27.2 Å². The van der Waals surface area contributed by atoms with Gasteiger partial charge in [0.2, 0.25) is 15.4 Å². The van der Waals surface area contributed by atoms with Gasteiger partial charge in [0.1, 0.15) is 0 Å². The first kappa shape index (κ1) is 14.4. The average molecular weight is 318 g/mol. The largest absolute Gasteiger partial charge is 0.322 e. The maximum absolute atomic E-state index is 10.8. The topological polar surface area (TPSA) is 141 Å². The van der Waals surface area contributed by atoms with Crippen LogP contribution in [0.15, 0.2) is 4.34 Å². The van der Waals surface area contributed by atoms with E-state index in [9.17, 15) is 13.2 Å². The van der Waals surface area contributed by atoms with E-state index in [1.165, 1.54) is 0 Å². The van der Waals surface area contributed by atoms with Crippen LogP contribution in [0.5, 0.6) is 0 Å². The Balaban J connectivity index is 0.00000196. The minimum absolute atomic E-state index is 0. The van der Waals surface area contributed by atoms with Crippen LogP contribution in [0.4, 0.5) is 5.13 Å². The second kappa shape index (κ2) is 5.46. The van der Waals surface area contributed by atoms with E-state index >= 15 is 0 Å². The second-order valence-electron chi connectivity index (χ2n) is 2.17. The van der Waals surface area contributed by atoms with Crippen molar-refractivity contribution in [2.24, 2.45) is 10.9 Å². The molecule has 11 heteroatoms. The van der Waals surface area contributed by atoms with Crippen molar-refractivity contribution in [2.45, 2.75) is 4.34 Å². The number of anilines is 1. The minimum atomic E-state index is -3.86. The van der Waals surface area contributed by atoms with Crippen LogP contribution < -0.4 is 16.2 Å². The summed E-state index contributed by atoms with van der Waals surface area (Å²) in [7, 11) is -3.86. The molecule has 1 aromatic rings. The van der Waals surface area contributed by atoms with E-state index in [1.54, 1.807) is 0 Å². The number of carbonyl (C=O) groups is 1. The zero-order valence-corrected chi connectivity index (χ0v) is 10.6. The third kappa shape index (κ3) is 4.17. The molecular weight excluding hydrogens is 310 g/mol. The third-order valence-electron chi connectivity index (χ3n) is 1.08. The highest BCUT2D eigenvalue weighted by Crippen LogP contribution is 2.17. The van der Waals surface area contributed by atoms with Crippen LogP contribution in [-0.2, 0) is 14.8 Å². The first-order valence-corrected chi connectivity index (χ1v) is 5.66. The molecule has 0 aliphatic rings. The summed E-state index contributed by atoms with van der Waals surface area (Å²) in [6, 6.07) is 0. The van der Waals surface area contributed by atoms with Crippen molar-refractivity contribution in [3.8, 4) is 0 Å². The molecule has 1 rings (SSSR count). The number of rotatable bonds is 3. The van der Waals surface area contributed by atoms with Crippen molar-refractivity contribution in [2.75, 3.05) is 11.9 Å². The van der Waals surface area contributed by atoms with E-state index in [0.717, 1.165) is 0 Å². The minimum Gasteiger partial charge on any atom is -0.322 e. The molecule has 0 spiro atoms. The SMILES string of the molecule is Br.NCC(=O)Nc1nnc(S(N)(=O)=O)s1.